The van der Waals surface area contributed by atoms with Crippen LogP contribution in [-0.4, -0.2) is 45.0 Å². The van der Waals surface area contributed by atoms with Gasteiger partial charge in [0, 0.05) is 11.3 Å². The van der Waals surface area contributed by atoms with E-state index in [1.807, 2.05) is 67.9 Å². The van der Waals surface area contributed by atoms with E-state index in [0.29, 0.717) is 17.9 Å². The second-order valence-corrected chi connectivity index (χ2v) is 10.7. The molecule has 1 aromatic heterocycles. The first kappa shape index (κ1) is 31.2. The molecule has 2 amide bonds. The second kappa shape index (κ2) is 13.4. The molecule has 0 aliphatic heterocycles. The summed E-state index contributed by atoms with van der Waals surface area (Å²) in [5, 5.41) is 7.30. The number of aryl methyl sites for hydroxylation is 2. The molecule has 0 atom stereocenters. The van der Waals surface area contributed by atoms with Crippen molar-refractivity contribution in [1.82, 2.24) is 15.1 Å². The van der Waals surface area contributed by atoms with Gasteiger partial charge in [0.05, 0.1) is 30.5 Å². The van der Waals surface area contributed by atoms with Crippen LogP contribution in [0.1, 0.15) is 22.5 Å². The van der Waals surface area contributed by atoms with Crippen LogP contribution >= 0.6 is 0 Å². The first-order valence-electron chi connectivity index (χ1n) is 12.3. The molecular formula is C29H31N4NaO5S. The Morgan fingerprint density at radius 1 is 0.925 bits per heavy atom. The van der Waals surface area contributed by atoms with E-state index in [0.717, 1.165) is 39.3 Å². The Hall–Kier alpha value is -3.31. The molecule has 204 valence electrons. The predicted octanol–water partition coefficient (Wildman–Crippen LogP) is 2.50. The van der Waals surface area contributed by atoms with Gasteiger partial charge in [0.1, 0.15) is 0 Å². The van der Waals surface area contributed by atoms with Crippen LogP contribution in [0.5, 0.6) is 11.5 Å². The largest absolute Gasteiger partial charge is 1.00 e. The Labute approximate surface area is 257 Å². The van der Waals surface area contributed by atoms with Gasteiger partial charge in [-0.2, -0.15) is 5.10 Å². The number of urea groups is 1. The van der Waals surface area contributed by atoms with Crippen molar-refractivity contribution >= 4 is 16.1 Å². The molecule has 0 spiro atoms. The van der Waals surface area contributed by atoms with Gasteiger partial charge in [0.2, 0.25) is 10.0 Å². The fourth-order valence-electron chi connectivity index (χ4n) is 4.33. The zero-order chi connectivity index (χ0) is 28.2. The van der Waals surface area contributed by atoms with Crippen LogP contribution in [0.15, 0.2) is 71.6 Å². The summed E-state index contributed by atoms with van der Waals surface area (Å²) in [6.45, 7) is 6.08. The van der Waals surface area contributed by atoms with Crippen LogP contribution < -0.4 is 44.3 Å². The number of carbonyl (C=O) groups excluding carboxylic acids is 1. The molecule has 3 aromatic carbocycles. The molecule has 9 nitrogen and oxygen atoms in total. The fraction of sp³-hybridized carbons (Fsp3) is 0.241. The Bertz CT molecular complexity index is 1580. The molecule has 0 aliphatic rings. The summed E-state index contributed by atoms with van der Waals surface area (Å²) in [6.07, 6.45) is 0.514. The standard InChI is InChI=1S/C29H32N4O5S.Na/c1-19-6-13-25(14-7-19)39(35,36)32-29(34)30-17-16-22-8-11-24(12-9-22)33-21(3)28(20(2)31-33)23-10-15-26(37-4)27(18-23)38-5;/h6-15,18H,16-17H2,1-5H3,(H2,30,32,34);/q;+1/p-1. The molecule has 40 heavy (non-hydrogen) atoms. The Kier molecular flexibility index (Phi) is 10.4. The predicted molar refractivity (Wildman–Crippen MR) is 150 cm³/mol. The van der Waals surface area contributed by atoms with Crippen molar-refractivity contribution in [3.05, 3.63) is 94.0 Å². The quantitative estimate of drug-likeness (QED) is 0.310. The average molecular weight is 571 g/mol. The van der Waals surface area contributed by atoms with Gasteiger partial charge in [0.15, 0.2) is 17.5 Å². The number of rotatable bonds is 9. The summed E-state index contributed by atoms with van der Waals surface area (Å²) >= 11 is 0. The maximum atomic E-state index is 12.3. The van der Waals surface area contributed by atoms with Crippen LogP contribution in [0.25, 0.3) is 21.5 Å². The smallest absolute Gasteiger partial charge is 0.493 e. The number of hydrogen-bond acceptors (Lipinski definition) is 6. The van der Waals surface area contributed by atoms with Gasteiger partial charge in [-0.15, -0.1) is 0 Å². The molecular weight excluding hydrogens is 539 g/mol. The van der Waals surface area contributed by atoms with E-state index in [-0.39, 0.29) is 41.0 Å². The van der Waals surface area contributed by atoms with Crippen molar-refractivity contribution in [1.29, 1.82) is 0 Å². The molecule has 0 radical (unpaired) electrons. The average Bonchev–Trinajstić information content (AvgIpc) is 3.22. The van der Waals surface area contributed by atoms with Crippen molar-refractivity contribution < 1.29 is 52.2 Å². The summed E-state index contributed by atoms with van der Waals surface area (Å²) in [4.78, 5) is 12.1. The monoisotopic (exact) mass is 570 g/mol. The molecule has 0 bridgehead atoms. The number of hydrogen-bond donors (Lipinski definition) is 1. The molecule has 1 heterocycles. The summed E-state index contributed by atoms with van der Waals surface area (Å²) < 4.78 is 40.7. The molecule has 4 aromatic rings. The molecule has 0 fully saturated rings. The summed E-state index contributed by atoms with van der Waals surface area (Å²) in [6, 6.07) is 18.9. The Morgan fingerprint density at radius 2 is 1.57 bits per heavy atom. The minimum absolute atomic E-state index is 0. The van der Waals surface area contributed by atoms with Crippen molar-refractivity contribution in [3.63, 3.8) is 0 Å². The Morgan fingerprint density at radius 3 is 2.20 bits per heavy atom. The van der Waals surface area contributed by atoms with E-state index < -0.39 is 16.1 Å². The molecule has 0 aliphatic carbocycles. The van der Waals surface area contributed by atoms with Crippen molar-refractivity contribution in [2.45, 2.75) is 32.1 Å². The summed E-state index contributed by atoms with van der Waals surface area (Å²) in [7, 11) is -0.833. The second-order valence-electron chi connectivity index (χ2n) is 9.06. The topological polar surface area (TPSA) is 114 Å². The zero-order valence-electron chi connectivity index (χ0n) is 23.6. The third kappa shape index (κ3) is 7.06. The number of amides is 2. The van der Waals surface area contributed by atoms with Crippen molar-refractivity contribution in [2.24, 2.45) is 0 Å². The number of methoxy groups -OCH3 is 2. The van der Waals surface area contributed by atoms with E-state index in [9.17, 15) is 13.2 Å². The third-order valence-electron chi connectivity index (χ3n) is 6.36. The van der Waals surface area contributed by atoms with Gasteiger partial charge in [-0.25, -0.2) is 13.1 Å². The zero-order valence-corrected chi connectivity index (χ0v) is 26.4. The van der Waals surface area contributed by atoms with Gasteiger partial charge in [-0.1, -0.05) is 35.9 Å². The van der Waals surface area contributed by atoms with Gasteiger partial charge >= 0.3 is 29.6 Å². The number of ether oxygens (including phenoxy) is 2. The maximum Gasteiger partial charge on any atom is 1.00 e. The van der Waals surface area contributed by atoms with Crippen LogP contribution in [0, 0.1) is 20.8 Å². The first-order valence-corrected chi connectivity index (χ1v) is 13.8. The first-order chi connectivity index (χ1) is 18.6. The molecule has 1 N–H and O–H groups in total. The van der Waals surface area contributed by atoms with E-state index in [1.54, 1.807) is 26.4 Å². The van der Waals surface area contributed by atoms with E-state index >= 15 is 0 Å². The number of carbonyl (C=O) groups is 1. The van der Waals surface area contributed by atoms with E-state index in [1.165, 1.54) is 12.1 Å². The summed E-state index contributed by atoms with van der Waals surface area (Å²) in [5.41, 5.74) is 6.66. The van der Waals surface area contributed by atoms with Crippen LogP contribution in [0.3, 0.4) is 0 Å². The molecule has 11 heteroatoms. The van der Waals surface area contributed by atoms with Gasteiger partial charge in [-0.05, 0) is 81.3 Å². The third-order valence-corrected chi connectivity index (χ3v) is 7.63. The molecule has 0 saturated heterocycles. The molecule has 0 saturated carbocycles. The van der Waals surface area contributed by atoms with Crippen LogP contribution in [0.4, 0.5) is 4.79 Å². The van der Waals surface area contributed by atoms with Crippen molar-refractivity contribution in [2.75, 3.05) is 20.8 Å². The van der Waals surface area contributed by atoms with E-state index in [4.69, 9.17) is 14.6 Å². The normalized spacial score (nSPS) is 10.9. The number of benzene rings is 3. The number of sulfonamides is 1. The number of nitrogens with zero attached hydrogens (tertiary/aromatic N) is 3. The minimum Gasteiger partial charge on any atom is -0.493 e. The minimum atomic E-state index is -4.05. The van der Waals surface area contributed by atoms with Gasteiger partial charge in [0.25, 0.3) is 0 Å². The number of nitrogens with one attached hydrogen (secondary N) is 1. The van der Waals surface area contributed by atoms with Crippen LogP contribution in [0.2, 0.25) is 0 Å². The summed E-state index contributed by atoms with van der Waals surface area (Å²) in [5.74, 6) is 1.32. The van der Waals surface area contributed by atoms with E-state index in [2.05, 4.69) is 10.0 Å². The molecule has 4 rings (SSSR count). The van der Waals surface area contributed by atoms with Crippen LogP contribution in [-0.2, 0) is 16.4 Å². The van der Waals surface area contributed by atoms with Crippen molar-refractivity contribution in [3.8, 4) is 28.3 Å². The fourth-order valence-corrected chi connectivity index (χ4v) is 5.19. The Balaban J connectivity index is 0.00000441. The SMILES string of the molecule is COc1ccc(-c2c(C)nn(-c3ccc(CCNC(=O)[N-]S(=O)(=O)c4ccc(C)cc4)cc3)c2C)cc1OC.[Na+]. The number of aromatic nitrogens is 2. The van der Waals surface area contributed by atoms with Gasteiger partial charge in [-0.3, -0.25) is 4.79 Å². The maximum absolute atomic E-state index is 12.3. The van der Waals surface area contributed by atoms with Gasteiger partial charge < -0.3 is 19.5 Å². The molecule has 0 unspecified atom stereocenters.